The third-order valence-corrected chi connectivity index (χ3v) is 7.21. The van der Waals surface area contributed by atoms with Crippen LogP contribution in [0.5, 0.6) is 0 Å². The maximum Gasteiger partial charge on any atom is 0.263 e. The van der Waals surface area contributed by atoms with Crippen LogP contribution in [-0.2, 0) is 16.3 Å². The zero-order valence-corrected chi connectivity index (χ0v) is 13.9. The van der Waals surface area contributed by atoms with Gasteiger partial charge < -0.3 is 5.32 Å². The molecule has 1 N–H and O–H groups in total. The van der Waals surface area contributed by atoms with E-state index in [0.29, 0.717) is 11.3 Å². The van der Waals surface area contributed by atoms with Gasteiger partial charge in [0.15, 0.2) is 9.84 Å². The van der Waals surface area contributed by atoms with Crippen LogP contribution < -0.4 is 5.32 Å². The van der Waals surface area contributed by atoms with Gasteiger partial charge in [0.05, 0.1) is 27.7 Å². The lowest BCUT2D eigenvalue weighted by atomic mass is 10.0. The molecular weight excluding hydrogens is 308 g/mol. The molecule has 1 saturated heterocycles. The minimum Gasteiger partial charge on any atom is -0.345 e. The molecule has 3 rings (SSSR count). The number of hydrogen-bond acceptors (Lipinski definition) is 5. The Kier molecular flexibility index (Phi) is 3.60. The molecule has 116 valence electrons. The van der Waals surface area contributed by atoms with Crippen LogP contribution in [0, 0.1) is 12.8 Å². The summed E-state index contributed by atoms with van der Waals surface area (Å²) in [5.74, 6) is 0.729. The Morgan fingerprint density at radius 1 is 1.48 bits per heavy atom. The molecule has 5 nitrogen and oxygen atoms in total. The Balaban J connectivity index is 1.71. The Morgan fingerprint density at radius 3 is 2.76 bits per heavy atom. The largest absolute Gasteiger partial charge is 0.345 e. The number of nitrogens with zero attached hydrogens (tertiary/aromatic N) is 1. The highest BCUT2D eigenvalue weighted by Gasteiger charge is 2.40. The van der Waals surface area contributed by atoms with Crippen molar-refractivity contribution >= 4 is 27.1 Å². The number of carbonyl (C=O) groups excluding carboxylic acids is 1. The maximum atomic E-state index is 12.4. The second-order valence-electron chi connectivity index (χ2n) is 6.53. The van der Waals surface area contributed by atoms with Crippen LogP contribution in [-0.4, -0.2) is 36.4 Å². The number of sulfone groups is 1. The van der Waals surface area contributed by atoms with Gasteiger partial charge in [0.2, 0.25) is 0 Å². The van der Waals surface area contributed by atoms with Gasteiger partial charge >= 0.3 is 0 Å². The first-order valence-corrected chi connectivity index (χ1v) is 9.89. The zero-order valence-electron chi connectivity index (χ0n) is 12.3. The van der Waals surface area contributed by atoms with Crippen LogP contribution in [0.25, 0.3) is 0 Å². The number of nitrogens with one attached hydrogen (secondary N) is 1. The molecule has 1 aliphatic heterocycles. The number of amides is 1. The average molecular weight is 328 g/mol. The van der Waals surface area contributed by atoms with Crippen molar-refractivity contribution in [1.29, 1.82) is 0 Å². The Labute approximate surface area is 129 Å². The molecule has 7 heteroatoms. The Hall–Kier alpha value is -0.950. The topological polar surface area (TPSA) is 76.1 Å². The van der Waals surface area contributed by atoms with E-state index in [0.717, 1.165) is 23.0 Å². The highest BCUT2D eigenvalue weighted by Crippen LogP contribution is 2.34. The van der Waals surface area contributed by atoms with Crippen LogP contribution in [0.1, 0.15) is 46.6 Å². The maximum absolute atomic E-state index is 12.4. The molecule has 2 fully saturated rings. The van der Waals surface area contributed by atoms with Gasteiger partial charge in [0.1, 0.15) is 4.88 Å². The lowest BCUT2D eigenvalue weighted by Crippen LogP contribution is -2.46. The first-order valence-electron chi connectivity index (χ1n) is 7.26. The van der Waals surface area contributed by atoms with E-state index in [4.69, 9.17) is 0 Å². The molecule has 2 heterocycles. The monoisotopic (exact) mass is 328 g/mol. The lowest BCUT2D eigenvalue weighted by molar-refractivity contribution is 0.0919. The second kappa shape index (κ2) is 5.05. The first kappa shape index (κ1) is 15.0. The van der Waals surface area contributed by atoms with E-state index in [1.165, 1.54) is 24.2 Å². The minimum absolute atomic E-state index is 0.0263. The summed E-state index contributed by atoms with van der Waals surface area (Å²) in [6.07, 6.45) is 3.96. The molecule has 0 spiro atoms. The third-order valence-electron chi connectivity index (χ3n) is 4.13. The van der Waals surface area contributed by atoms with Crippen molar-refractivity contribution in [2.24, 2.45) is 5.92 Å². The number of aromatic nitrogens is 1. The summed E-state index contributed by atoms with van der Waals surface area (Å²) in [7, 11) is -3.02. The van der Waals surface area contributed by atoms with Gasteiger partial charge in [-0.05, 0) is 39.0 Å². The number of aryl methyl sites for hydroxylation is 1. The van der Waals surface area contributed by atoms with Crippen molar-refractivity contribution in [2.75, 3.05) is 11.5 Å². The van der Waals surface area contributed by atoms with Crippen molar-refractivity contribution in [3.63, 3.8) is 0 Å². The second-order valence-corrected chi connectivity index (χ2v) is 9.79. The van der Waals surface area contributed by atoms with E-state index in [9.17, 15) is 13.2 Å². The highest BCUT2D eigenvalue weighted by atomic mass is 32.2. The van der Waals surface area contributed by atoms with Crippen LogP contribution in [0.3, 0.4) is 0 Å². The lowest BCUT2D eigenvalue weighted by Gasteiger charge is -2.23. The van der Waals surface area contributed by atoms with Gasteiger partial charge in [-0.3, -0.25) is 4.79 Å². The summed E-state index contributed by atoms with van der Waals surface area (Å²) >= 11 is 1.45. The van der Waals surface area contributed by atoms with Crippen LogP contribution in [0.4, 0.5) is 0 Å². The molecule has 2 aliphatic rings. The number of hydrogen-bond donors (Lipinski definition) is 1. The average Bonchev–Trinajstić information content (AvgIpc) is 3.01. The predicted octanol–water partition coefficient (Wildman–Crippen LogP) is 1.71. The molecule has 1 atom stereocenters. The summed E-state index contributed by atoms with van der Waals surface area (Å²) in [4.78, 5) is 17.5. The van der Waals surface area contributed by atoms with Gasteiger partial charge in [-0.25, -0.2) is 13.4 Å². The molecular formula is C14H20N2O3S2. The van der Waals surface area contributed by atoms with Crippen molar-refractivity contribution in [1.82, 2.24) is 10.3 Å². The van der Waals surface area contributed by atoms with Gasteiger partial charge in [0, 0.05) is 6.42 Å². The fourth-order valence-corrected chi connectivity index (χ4v) is 5.93. The summed E-state index contributed by atoms with van der Waals surface area (Å²) in [5.41, 5.74) is 0.0980. The van der Waals surface area contributed by atoms with Crippen molar-refractivity contribution in [2.45, 2.75) is 45.1 Å². The fraction of sp³-hybridized carbons (Fsp3) is 0.714. The molecule has 1 aliphatic carbocycles. The van der Waals surface area contributed by atoms with E-state index in [-0.39, 0.29) is 17.4 Å². The molecule has 1 aromatic rings. The summed E-state index contributed by atoms with van der Waals surface area (Å²) < 4.78 is 23.2. The van der Waals surface area contributed by atoms with Crippen molar-refractivity contribution in [3.05, 3.63) is 15.6 Å². The summed E-state index contributed by atoms with van der Waals surface area (Å²) in [5, 5.41) is 3.92. The normalized spacial score (nSPS) is 27.7. The van der Waals surface area contributed by atoms with Gasteiger partial charge in [0.25, 0.3) is 5.91 Å². The number of carbonyl (C=O) groups is 1. The summed E-state index contributed by atoms with van der Waals surface area (Å²) in [6, 6.07) is 0. The quantitative estimate of drug-likeness (QED) is 0.913. The van der Waals surface area contributed by atoms with Gasteiger partial charge in [-0.2, -0.15) is 0 Å². The van der Waals surface area contributed by atoms with Crippen molar-refractivity contribution in [3.8, 4) is 0 Å². The third kappa shape index (κ3) is 3.45. The summed E-state index contributed by atoms with van der Waals surface area (Å²) in [6.45, 7) is 3.65. The first-order chi connectivity index (χ1) is 9.76. The van der Waals surface area contributed by atoms with Crippen LogP contribution in [0.2, 0.25) is 0 Å². The van der Waals surface area contributed by atoms with E-state index < -0.39 is 15.4 Å². The SMILES string of the molecule is Cc1nc(CC2CC2)sc1C(=O)NC1(C)CCS(=O)(=O)C1. The van der Waals surface area contributed by atoms with Crippen LogP contribution >= 0.6 is 11.3 Å². The minimum atomic E-state index is -3.02. The molecule has 0 radical (unpaired) electrons. The van der Waals surface area contributed by atoms with Gasteiger partial charge in [-0.15, -0.1) is 11.3 Å². The molecule has 1 saturated carbocycles. The van der Waals surface area contributed by atoms with Crippen molar-refractivity contribution < 1.29 is 13.2 Å². The van der Waals surface area contributed by atoms with Crippen LogP contribution in [0.15, 0.2) is 0 Å². The van der Waals surface area contributed by atoms with Gasteiger partial charge in [-0.1, -0.05) is 0 Å². The zero-order chi connectivity index (χ0) is 15.3. The van der Waals surface area contributed by atoms with E-state index in [1.807, 2.05) is 6.92 Å². The van der Waals surface area contributed by atoms with E-state index in [2.05, 4.69) is 10.3 Å². The smallest absolute Gasteiger partial charge is 0.263 e. The van der Waals surface area contributed by atoms with E-state index >= 15 is 0 Å². The Morgan fingerprint density at radius 2 is 2.19 bits per heavy atom. The highest BCUT2D eigenvalue weighted by molar-refractivity contribution is 7.91. The molecule has 21 heavy (non-hydrogen) atoms. The molecule has 0 aromatic carbocycles. The Bertz CT molecular complexity index is 676. The molecule has 1 aromatic heterocycles. The predicted molar refractivity (Wildman–Crippen MR) is 82.4 cm³/mol. The number of thiazole rings is 1. The van der Waals surface area contributed by atoms with E-state index in [1.54, 1.807) is 6.92 Å². The number of rotatable bonds is 4. The standard InChI is InChI=1S/C14H20N2O3S2/c1-9-12(20-11(15-9)7-10-3-4-10)13(17)16-14(2)5-6-21(18,19)8-14/h10H,3-8H2,1-2H3,(H,16,17). The molecule has 1 amide bonds. The fourth-order valence-electron chi connectivity index (χ4n) is 2.76. The molecule has 1 unspecified atom stereocenters. The molecule has 0 bridgehead atoms.